The molecule has 0 spiro atoms. The highest BCUT2D eigenvalue weighted by Gasteiger charge is 2.08. The Kier molecular flexibility index (Phi) is 6.77. The van der Waals surface area contributed by atoms with Crippen LogP contribution in [0.5, 0.6) is 0 Å². The number of aryl methyl sites for hydroxylation is 1. The Hall–Kier alpha value is -2.92. The first-order chi connectivity index (χ1) is 13.2. The number of hydrogen-bond acceptors (Lipinski definition) is 4. The third-order valence-corrected chi connectivity index (χ3v) is 4.44. The van der Waals surface area contributed by atoms with E-state index in [1.165, 1.54) is 11.8 Å². The lowest BCUT2D eigenvalue weighted by molar-refractivity contribution is 0.0945. The molecule has 0 saturated heterocycles. The van der Waals surface area contributed by atoms with Crippen molar-refractivity contribution in [2.75, 3.05) is 11.9 Å². The number of carbonyl (C=O) groups excluding carboxylic acids is 1. The van der Waals surface area contributed by atoms with E-state index in [9.17, 15) is 4.79 Å². The quantitative estimate of drug-likeness (QED) is 0.577. The van der Waals surface area contributed by atoms with Crippen LogP contribution in [0.15, 0.2) is 67.0 Å². The second kappa shape index (κ2) is 9.69. The average Bonchev–Trinajstić information content (AvgIpc) is 2.72. The van der Waals surface area contributed by atoms with Gasteiger partial charge in [0.15, 0.2) is 0 Å². The Morgan fingerprint density at radius 1 is 0.963 bits per heavy atom. The highest BCUT2D eigenvalue weighted by atomic mass is 35.5. The van der Waals surface area contributed by atoms with Gasteiger partial charge in [-0.15, -0.1) is 0 Å². The second-order valence-electron chi connectivity index (χ2n) is 6.08. The Labute approximate surface area is 163 Å². The van der Waals surface area contributed by atoms with Crippen molar-refractivity contribution in [3.8, 4) is 0 Å². The van der Waals surface area contributed by atoms with E-state index >= 15 is 0 Å². The first-order valence-corrected chi connectivity index (χ1v) is 9.21. The minimum Gasteiger partial charge on any atom is -0.369 e. The fraction of sp³-hybridized carbons (Fsp3) is 0.190. The van der Waals surface area contributed by atoms with Gasteiger partial charge in [0, 0.05) is 18.1 Å². The molecular formula is C21H21ClN4O. The maximum atomic E-state index is 12.2. The number of rotatable bonds is 8. The minimum absolute atomic E-state index is 0.275. The molecular weight excluding hydrogens is 360 g/mol. The maximum absolute atomic E-state index is 12.2. The summed E-state index contributed by atoms with van der Waals surface area (Å²) in [7, 11) is 0. The van der Waals surface area contributed by atoms with Crippen molar-refractivity contribution in [2.45, 2.75) is 19.4 Å². The van der Waals surface area contributed by atoms with Crippen molar-refractivity contribution in [2.24, 2.45) is 0 Å². The number of aromatic nitrogens is 2. The summed E-state index contributed by atoms with van der Waals surface area (Å²) in [6, 6.07) is 17.7. The summed E-state index contributed by atoms with van der Waals surface area (Å²) in [6.45, 7) is 1.14. The number of carbonyl (C=O) groups is 1. The predicted molar refractivity (Wildman–Crippen MR) is 108 cm³/mol. The number of amides is 1. The van der Waals surface area contributed by atoms with Crippen molar-refractivity contribution in [1.82, 2.24) is 15.3 Å². The van der Waals surface area contributed by atoms with Crippen LogP contribution in [0.4, 0.5) is 5.82 Å². The second-order valence-corrected chi connectivity index (χ2v) is 6.48. The topological polar surface area (TPSA) is 66.9 Å². The van der Waals surface area contributed by atoms with E-state index < -0.39 is 0 Å². The molecule has 0 atom stereocenters. The van der Waals surface area contributed by atoms with Gasteiger partial charge < -0.3 is 10.6 Å². The van der Waals surface area contributed by atoms with E-state index in [0.29, 0.717) is 17.4 Å². The van der Waals surface area contributed by atoms with Crippen LogP contribution in [0.25, 0.3) is 0 Å². The van der Waals surface area contributed by atoms with E-state index in [0.717, 1.165) is 24.9 Å². The number of halogens is 1. The third-order valence-electron chi connectivity index (χ3n) is 4.07. The Morgan fingerprint density at radius 2 is 1.74 bits per heavy atom. The van der Waals surface area contributed by atoms with E-state index in [1.807, 2.05) is 36.4 Å². The zero-order chi connectivity index (χ0) is 18.9. The lowest BCUT2D eigenvalue weighted by atomic mass is 10.1. The summed E-state index contributed by atoms with van der Waals surface area (Å²) in [5.74, 6) is 0.378. The van der Waals surface area contributed by atoms with E-state index in [-0.39, 0.29) is 11.6 Å². The molecule has 0 unspecified atom stereocenters. The molecule has 0 bridgehead atoms. The van der Waals surface area contributed by atoms with Crippen molar-refractivity contribution in [3.05, 3.63) is 88.8 Å². The van der Waals surface area contributed by atoms with E-state index in [1.54, 1.807) is 12.3 Å². The third kappa shape index (κ3) is 5.79. The molecule has 3 aromatic rings. The molecule has 1 heterocycles. The number of hydrogen-bond donors (Lipinski definition) is 2. The van der Waals surface area contributed by atoms with Gasteiger partial charge in [-0.25, -0.2) is 9.97 Å². The van der Waals surface area contributed by atoms with Gasteiger partial charge in [-0.05, 0) is 30.0 Å². The highest BCUT2D eigenvalue weighted by molar-refractivity contribution is 6.31. The largest absolute Gasteiger partial charge is 0.369 e. The molecule has 27 heavy (non-hydrogen) atoms. The maximum Gasteiger partial charge on any atom is 0.271 e. The minimum atomic E-state index is -0.280. The SMILES string of the molecule is O=C(NCc1ccccc1Cl)c1cnc(NCCCc2ccccc2)cn1. The molecule has 2 N–H and O–H groups in total. The van der Waals surface area contributed by atoms with Crippen LogP contribution in [0, 0.1) is 0 Å². The first kappa shape index (κ1) is 18.9. The summed E-state index contributed by atoms with van der Waals surface area (Å²) in [5.41, 5.74) is 2.45. The van der Waals surface area contributed by atoms with E-state index in [4.69, 9.17) is 11.6 Å². The summed E-state index contributed by atoms with van der Waals surface area (Å²) < 4.78 is 0. The van der Waals surface area contributed by atoms with Gasteiger partial charge in [-0.1, -0.05) is 60.1 Å². The number of nitrogens with zero attached hydrogens (tertiary/aromatic N) is 2. The number of anilines is 1. The van der Waals surface area contributed by atoms with Crippen LogP contribution in [0.2, 0.25) is 5.02 Å². The monoisotopic (exact) mass is 380 g/mol. The van der Waals surface area contributed by atoms with Crippen LogP contribution in [-0.2, 0) is 13.0 Å². The molecule has 1 amide bonds. The molecule has 1 aromatic heterocycles. The summed E-state index contributed by atoms with van der Waals surface area (Å²) in [6.07, 6.45) is 5.05. The molecule has 0 aliphatic rings. The van der Waals surface area contributed by atoms with Crippen LogP contribution in [0.1, 0.15) is 28.0 Å². The summed E-state index contributed by atoms with van der Waals surface area (Å²) in [5, 5.41) is 6.65. The molecule has 6 heteroatoms. The van der Waals surface area contributed by atoms with Crippen molar-refractivity contribution < 1.29 is 4.79 Å². The Balaban J connectivity index is 1.43. The molecule has 2 aromatic carbocycles. The summed E-state index contributed by atoms with van der Waals surface area (Å²) >= 11 is 6.09. The van der Waals surface area contributed by atoms with Crippen molar-refractivity contribution in [3.63, 3.8) is 0 Å². The van der Waals surface area contributed by atoms with Gasteiger partial charge in [-0.3, -0.25) is 4.79 Å². The zero-order valence-corrected chi connectivity index (χ0v) is 15.6. The van der Waals surface area contributed by atoms with Gasteiger partial charge in [0.25, 0.3) is 5.91 Å². The van der Waals surface area contributed by atoms with E-state index in [2.05, 4.69) is 32.7 Å². The average molecular weight is 381 g/mol. The molecule has 0 aliphatic carbocycles. The molecule has 0 saturated carbocycles. The van der Waals surface area contributed by atoms with Crippen LogP contribution < -0.4 is 10.6 Å². The standard InChI is InChI=1S/C21H21ClN4O/c22-18-11-5-4-10-17(18)13-26-21(27)19-14-25-20(15-24-19)23-12-6-9-16-7-2-1-3-8-16/h1-5,7-8,10-11,14-15H,6,9,12-13H2,(H,23,25)(H,26,27). The molecule has 3 rings (SSSR count). The van der Waals surface area contributed by atoms with Crippen LogP contribution >= 0.6 is 11.6 Å². The van der Waals surface area contributed by atoms with Gasteiger partial charge in [-0.2, -0.15) is 0 Å². The summed E-state index contributed by atoms with van der Waals surface area (Å²) in [4.78, 5) is 20.6. The Bertz CT molecular complexity index is 869. The molecule has 0 radical (unpaired) electrons. The van der Waals surface area contributed by atoms with Crippen molar-refractivity contribution in [1.29, 1.82) is 0 Å². The molecule has 0 fully saturated rings. The lowest BCUT2D eigenvalue weighted by Crippen LogP contribution is -2.24. The van der Waals surface area contributed by atoms with Gasteiger partial charge in [0.1, 0.15) is 11.5 Å². The fourth-order valence-corrected chi connectivity index (χ4v) is 2.80. The van der Waals surface area contributed by atoms with Crippen LogP contribution in [-0.4, -0.2) is 22.4 Å². The van der Waals surface area contributed by atoms with Gasteiger partial charge in [0.05, 0.1) is 12.4 Å². The predicted octanol–water partition coefficient (Wildman–Crippen LogP) is 4.10. The van der Waals surface area contributed by atoms with Gasteiger partial charge >= 0.3 is 0 Å². The Morgan fingerprint density at radius 3 is 2.48 bits per heavy atom. The normalized spacial score (nSPS) is 10.4. The fourth-order valence-electron chi connectivity index (χ4n) is 2.60. The van der Waals surface area contributed by atoms with Crippen molar-refractivity contribution >= 4 is 23.3 Å². The molecule has 138 valence electrons. The molecule has 5 nitrogen and oxygen atoms in total. The van der Waals surface area contributed by atoms with Crippen LogP contribution in [0.3, 0.4) is 0 Å². The smallest absolute Gasteiger partial charge is 0.271 e. The lowest BCUT2D eigenvalue weighted by Gasteiger charge is -2.08. The zero-order valence-electron chi connectivity index (χ0n) is 14.9. The first-order valence-electron chi connectivity index (χ1n) is 8.84. The molecule has 0 aliphatic heterocycles. The number of benzene rings is 2. The number of nitrogens with one attached hydrogen (secondary N) is 2. The van der Waals surface area contributed by atoms with Gasteiger partial charge in [0.2, 0.25) is 0 Å². The highest BCUT2D eigenvalue weighted by Crippen LogP contribution is 2.14.